The summed E-state index contributed by atoms with van der Waals surface area (Å²) in [6.45, 7) is 0. The largest absolute Gasteiger partial charge is 0.399 e. The molecule has 0 aliphatic carbocycles. The van der Waals surface area contributed by atoms with Crippen LogP contribution in [0.25, 0.3) is 0 Å². The van der Waals surface area contributed by atoms with Gasteiger partial charge in [-0.15, -0.1) is 11.8 Å². The summed E-state index contributed by atoms with van der Waals surface area (Å²) in [7, 11) is 0. The van der Waals surface area contributed by atoms with Crippen molar-refractivity contribution in [3.05, 3.63) is 57.8 Å². The molecule has 0 saturated carbocycles. The van der Waals surface area contributed by atoms with E-state index in [-0.39, 0.29) is 5.82 Å². The van der Waals surface area contributed by atoms with Crippen LogP contribution in [0, 0.1) is 5.82 Å². The van der Waals surface area contributed by atoms with Gasteiger partial charge < -0.3 is 5.73 Å². The Morgan fingerprint density at radius 2 is 1.83 bits per heavy atom. The number of hydrogen-bond donors (Lipinski definition) is 1. The van der Waals surface area contributed by atoms with Gasteiger partial charge in [0.15, 0.2) is 0 Å². The van der Waals surface area contributed by atoms with Crippen molar-refractivity contribution in [1.82, 2.24) is 0 Å². The Labute approximate surface area is 119 Å². The molecule has 0 saturated heterocycles. The molecule has 5 heteroatoms. The topological polar surface area (TPSA) is 26.0 Å². The summed E-state index contributed by atoms with van der Waals surface area (Å²) in [4.78, 5) is 0.790. The summed E-state index contributed by atoms with van der Waals surface area (Å²) in [5.74, 6) is 0.353. The number of benzene rings is 2. The van der Waals surface area contributed by atoms with Crippen molar-refractivity contribution in [2.75, 3.05) is 5.73 Å². The molecule has 0 heterocycles. The molecule has 0 atom stereocenters. The molecule has 94 valence electrons. The van der Waals surface area contributed by atoms with Gasteiger partial charge in [-0.25, -0.2) is 4.39 Å². The van der Waals surface area contributed by atoms with E-state index in [0.29, 0.717) is 21.5 Å². The minimum absolute atomic E-state index is 0.327. The molecule has 0 aliphatic rings. The van der Waals surface area contributed by atoms with Gasteiger partial charge in [-0.2, -0.15) is 0 Å². The van der Waals surface area contributed by atoms with E-state index >= 15 is 0 Å². The first-order chi connectivity index (χ1) is 8.54. The molecule has 1 nitrogen and oxygen atoms in total. The Hall–Kier alpha value is -0.900. The average Bonchev–Trinajstić information content (AvgIpc) is 2.29. The Morgan fingerprint density at radius 3 is 2.50 bits per heavy atom. The molecule has 2 rings (SSSR count). The predicted octanol–water partition coefficient (Wildman–Crippen LogP) is 5.01. The summed E-state index contributed by atoms with van der Waals surface area (Å²) < 4.78 is 13.1. The molecule has 0 spiro atoms. The summed E-state index contributed by atoms with van der Waals surface area (Å²) in [6.07, 6.45) is 0. The standard InChI is InChI=1S/C13H10Cl2FNS/c14-12-2-1-8(3-13(12)15)7-18-11-5-9(16)4-10(17)6-11/h1-6H,7,17H2. The van der Waals surface area contributed by atoms with Gasteiger partial charge in [-0.05, 0) is 35.9 Å². The maximum Gasteiger partial charge on any atom is 0.126 e. The van der Waals surface area contributed by atoms with Crippen LogP contribution in [0.3, 0.4) is 0 Å². The molecule has 2 aromatic carbocycles. The van der Waals surface area contributed by atoms with Crippen molar-refractivity contribution in [3.8, 4) is 0 Å². The number of hydrogen-bond acceptors (Lipinski definition) is 2. The zero-order valence-corrected chi connectivity index (χ0v) is 11.6. The average molecular weight is 302 g/mol. The predicted molar refractivity (Wildman–Crippen MR) is 76.8 cm³/mol. The van der Waals surface area contributed by atoms with Gasteiger partial charge in [0, 0.05) is 16.3 Å². The number of halogens is 3. The second kappa shape index (κ2) is 5.83. The van der Waals surface area contributed by atoms with Crippen LogP contribution < -0.4 is 5.73 Å². The minimum Gasteiger partial charge on any atom is -0.399 e. The van der Waals surface area contributed by atoms with Crippen molar-refractivity contribution in [2.45, 2.75) is 10.6 Å². The number of nitrogens with two attached hydrogens (primary N) is 1. The normalized spacial score (nSPS) is 10.6. The van der Waals surface area contributed by atoms with Gasteiger partial charge in [0.2, 0.25) is 0 Å². The summed E-state index contributed by atoms with van der Waals surface area (Å²) in [5, 5.41) is 1.05. The second-order valence-corrected chi connectivity index (χ2v) is 5.62. The quantitative estimate of drug-likeness (QED) is 0.637. The van der Waals surface area contributed by atoms with Gasteiger partial charge in [0.05, 0.1) is 10.0 Å². The monoisotopic (exact) mass is 301 g/mol. The molecule has 2 aromatic rings. The van der Waals surface area contributed by atoms with E-state index in [4.69, 9.17) is 28.9 Å². The van der Waals surface area contributed by atoms with Gasteiger partial charge in [0.25, 0.3) is 0 Å². The van der Waals surface area contributed by atoms with E-state index in [1.165, 1.54) is 23.9 Å². The van der Waals surface area contributed by atoms with E-state index in [0.717, 1.165) is 10.5 Å². The molecule has 0 bridgehead atoms. The highest BCUT2D eigenvalue weighted by molar-refractivity contribution is 7.98. The molecule has 0 radical (unpaired) electrons. The number of nitrogen functional groups attached to an aromatic ring is 1. The third kappa shape index (κ3) is 3.55. The van der Waals surface area contributed by atoms with Crippen molar-refractivity contribution >= 4 is 40.7 Å². The van der Waals surface area contributed by atoms with Crippen LogP contribution in [0.4, 0.5) is 10.1 Å². The molecule has 0 fully saturated rings. The zero-order valence-electron chi connectivity index (χ0n) is 9.29. The van der Waals surface area contributed by atoms with Crippen LogP contribution in [0.1, 0.15) is 5.56 Å². The van der Waals surface area contributed by atoms with Crippen molar-refractivity contribution in [3.63, 3.8) is 0 Å². The first-order valence-electron chi connectivity index (χ1n) is 5.17. The SMILES string of the molecule is Nc1cc(F)cc(SCc2ccc(Cl)c(Cl)c2)c1. The minimum atomic E-state index is -0.327. The summed E-state index contributed by atoms with van der Waals surface area (Å²) in [6, 6.07) is 9.94. The lowest BCUT2D eigenvalue weighted by atomic mass is 10.2. The molecule has 0 amide bonds. The fraction of sp³-hybridized carbons (Fsp3) is 0.0769. The van der Waals surface area contributed by atoms with E-state index in [1.54, 1.807) is 18.2 Å². The summed E-state index contributed by atoms with van der Waals surface area (Å²) >= 11 is 13.3. The van der Waals surface area contributed by atoms with Crippen LogP contribution in [0.5, 0.6) is 0 Å². The second-order valence-electron chi connectivity index (χ2n) is 3.76. The zero-order chi connectivity index (χ0) is 13.1. The number of rotatable bonds is 3. The first kappa shape index (κ1) is 13.5. The lowest BCUT2D eigenvalue weighted by molar-refractivity contribution is 0.625. The maximum absolute atomic E-state index is 13.1. The van der Waals surface area contributed by atoms with Crippen molar-refractivity contribution in [2.24, 2.45) is 0 Å². The Kier molecular flexibility index (Phi) is 4.38. The molecule has 0 unspecified atom stereocenters. The van der Waals surface area contributed by atoms with Crippen LogP contribution in [-0.4, -0.2) is 0 Å². The molecule has 0 aliphatic heterocycles. The highest BCUT2D eigenvalue weighted by Crippen LogP contribution is 2.28. The van der Waals surface area contributed by atoms with Gasteiger partial charge in [0.1, 0.15) is 5.82 Å². The maximum atomic E-state index is 13.1. The highest BCUT2D eigenvalue weighted by atomic mass is 35.5. The van der Waals surface area contributed by atoms with Crippen molar-refractivity contribution in [1.29, 1.82) is 0 Å². The number of anilines is 1. The van der Waals surface area contributed by atoms with Crippen LogP contribution in [0.2, 0.25) is 10.0 Å². The molecular weight excluding hydrogens is 292 g/mol. The smallest absolute Gasteiger partial charge is 0.126 e. The Morgan fingerprint density at radius 1 is 1.06 bits per heavy atom. The summed E-state index contributed by atoms with van der Waals surface area (Å²) in [5.41, 5.74) is 7.03. The van der Waals surface area contributed by atoms with Crippen LogP contribution in [0.15, 0.2) is 41.3 Å². The fourth-order valence-electron chi connectivity index (χ4n) is 1.46. The first-order valence-corrected chi connectivity index (χ1v) is 6.91. The third-order valence-electron chi connectivity index (χ3n) is 2.28. The van der Waals surface area contributed by atoms with E-state index in [9.17, 15) is 4.39 Å². The van der Waals surface area contributed by atoms with Crippen LogP contribution >= 0.6 is 35.0 Å². The third-order valence-corrected chi connectivity index (χ3v) is 4.07. The molecular formula is C13H10Cl2FNS. The Balaban J connectivity index is 2.08. The lowest BCUT2D eigenvalue weighted by Gasteiger charge is -2.05. The van der Waals surface area contributed by atoms with E-state index < -0.39 is 0 Å². The van der Waals surface area contributed by atoms with Gasteiger partial charge in [-0.3, -0.25) is 0 Å². The van der Waals surface area contributed by atoms with E-state index in [2.05, 4.69) is 0 Å². The molecule has 0 aromatic heterocycles. The Bertz CT molecular complexity index is 555. The van der Waals surface area contributed by atoms with Gasteiger partial charge >= 0.3 is 0 Å². The van der Waals surface area contributed by atoms with E-state index in [1.807, 2.05) is 6.07 Å². The molecule has 2 N–H and O–H groups in total. The number of thioether (sulfide) groups is 1. The molecule has 18 heavy (non-hydrogen) atoms. The van der Waals surface area contributed by atoms with Crippen molar-refractivity contribution < 1.29 is 4.39 Å². The lowest BCUT2D eigenvalue weighted by Crippen LogP contribution is -1.88. The fourth-order valence-corrected chi connectivity index (χ4v) is 2.71. The van der Waals surface area contributed by atoms with Crippen LogP contribution in [-0.2, 0) is 5.75 Å². The van der Waals surface area contributed by atoms with Gasteiger partial charge in [-0.1, -0.05) is 29.3 Å². The highest BCUT2D eigenvalue weighted by Gasteiger charge is 2.03.